The normalized spacial score (nSPS) is 21.5. The molecule has 2 heterocycles. The number of allylic oxidation sites excluding steroid dienone is 4. The number of likely N-dealkylation sites (N-methyl/N-ethyl adjacent to an activating group) is 2. The van der Waals surface area contributed by atoms with E-state index in [0.29, 0.717) is 19.0 Å². The van der Waals surface area contributed by atoms with Crippen molar-refractivity contribution in [2.75, 3.05) is 33.8 Å². The molecule has 2 aliphatic rings. The third kappa shape index (κ3) is 5.92. The summed E-state index contributed by atoms with van der Waals surface area (Å²) < 4.78 is 31.4. The van der Waals surface area contributed by atoms with Gasteiger partial charge in [0.05, 0.1) is 12.6 Å². The molecule has 0 amide bonds. The highest BCUT2D eigenvalue weighted by molar-refractivity contribution is 5.82. The van der Waals surface area contributed by atoms with E-state index < -0.39 is 12.5 Å². The highest BCUT2D eigenvalue weighted by Gasteiger charge is 2.25. The quantitative estimate of drug-likeness (QED) is 0.666. The van der Waals surface area contributed by atoms with Gasteiger partial charge in [-0.3, -0.25) is 4.99 Å². The van der Waals surface area contributed by atoms with E-state index in [1.807, 2.05) is 52.1 Å². The number of nitrogens with zero attached hydrogens (tertiary/aromatic N) is 2. The molecule has 0 spiro atoms. The van der Waals surface area contributed by atoms with Crippen LogP contribution >= 0.6 is 0 Å². The molecule has 1 atom stereocenters. The Balaban J connectivity index is 2.05. The lowest BCUT2D eigenvalue weighted by atomic mass is 10.0. The highest BCUT2D eigenvalue weighted by Crippen LogP contribution is 2.23. The van der Waals surface area contributed by atoms with Gasteiger partial charge in [0.25, 0.3) is 5.92 Å². The Bertz CT molecular complexity index is 714. The van der Waals surface area contributed by atoms with Crippen molar-refractivity contribution in [3.63, 3.8) is 0 Å². The first-order valence-corrected chi connectivity index (χ1v) is 9.06. The summed E-state index contributed by atoms with van der Waals surface area (Å²) in [5, 5.41) is 6.61. The average Bonchev–Trinajstić information content (AvgIpc) is 2.54. The third-order valence-electron chi connectivity index (χ3n) is 4.41. The molecule has 2 aliphatic heterocycles. The lowest BCUT2D eigenvalue weighted by Crippen LogP contribution is -2.33. The second-order valence-electron chi connectivity index (χ2n) is 7.30. The van der Waals surface area contributed by atoms with Crippen LogP contribution in [0.5, 0.6) is 0 Å². The van der Waals surface area contributed by atoms with Crippen molar-refractivity contribution in [1.82, 2.24) is 15.5 Å². The van der Waals surface area contributed by atoms with Crippen LogP contribution in [0, 0.1) is 0 Å². The molecule has 0 saturated heterocycles. The summed E-state index contributed by atoms with van der Waals surface area (Å²) in [4.78, 5) is 6.45. The van der Waals surface area contributed by atoms with Crippen LogP contribution in [0.3, 0.4) is 0 Å². The summed E-state index contributed by atoms with van der Waals surface area (Å²) in [5.41, 5.74) is 5.25. The Labute approximate surface area is 160 Å². The van der Waals surface area contributed by atoms with Crippen molar-refractivity contribution < 1.29 is 13.5 Å². The summed E-state index contributed by atoms with van der Waals surface area (Å²) in [6.45, 7) is 7.32. The Hall–Kier alpha value is -2.15. The van der Waals surface area contributed by atoms with Gasteiger partial charge in [-0.1, -0.05) is 6.08 Å². The first-order valence-electron chi connectivity index (χ1n) is 9.06. The predicted molar refractivity (Wildman–Crippen MR) is 106 cm³/mol. The Morgan fingerprint density at radius 2 is 2.11 bits per heavy atom. The summed E-state index contributed by atoms with van der Waals surface area (Å²) in [7, 11) is 3.76. The number of dihydropyridines is 1. The molecule has 0 bridgehead atoms. The number of aliphatic imine (C=N–C) groups is 1. The summed E-state index contributed by atoms with van der Waals surface area (Å²) in [6, 6.07) is 0.135. The number of nitrogens with one attached hydrogen (secondary N) is 2. The zero-order valence-corrected chi connectivity index (χ0v) is 17.0. The van der Waals surface area contributed by atoms with Crippen molar-refractivity contribution in [3.05, 3.63) is 46.1 Å². The highest BCUT2D eigenvalue weighted by atomic mass is 19.3. The topological polar surface area (TPSA) is 48.9 Å². The van der Waals surface area contributed by atoms with Gasteiger partial charge < -0.3 is 20.3 Å². The second-order valence-corrected chi connectivity index (χ2v) is 7.30. The molecule has 0 saturated carbocycles. The minimum absolute atomic E-state index is 0.135. The van der Waals surface area contributed by atoms with E-state index >= 15 is 0 Å². The van der Waals surface area contributed by atoms with E-state index in [9.17, 15) is 8.78 Å². The maximum Gasteiger partial charge on any atom is 0.278 e. The SMILES string of the molecule is CNC1C=C(C)NC(C)=C1C=NCC1=CC(C)=C(OCC(C)(F)F)N(C)C1. The van der Waals surface area contributed by atoms with Crippen molar-refractivity contribution in [2.45, 2.75) is 39.7 Å². The van der Waals surface area contributed by atoms with Crippen LogP contribution in [0.2, 0.25) is 0 Å². The van der Waals surface area contributed by atoms with Gasteiger partial charge >= 0.3 is 0 Å². The Morgan fingerprint density at radius 1 is 1.41 bits per heavy atom. The number of hydrogen-bond acceptors (Lipinski definition) is 5. The van der Waals surface area contributed by atoms with Crippen LogP contribution < -0.4 is 10.6 Å². The first kappa shape index (κ1) is 21.2. The van der Waals surface area contributed by atoms with Crippen molar-refractivity contribution >= 4 is 6.21 Å². The minimum atomic E-state index is -2.85. The van der Waals surface area contributed by atoms with Gasteiger partial charge in [-0.05, 0) is 39.5 Å². The Morgan fingerprint density at radius 3 is 2.70 bits per heavy atom. The van der Waals surface area contributed by atoms with E-state index in [1.165, 1.54) is 0 Å². The zero-order valence-electron chi connectivity index (χ0n) is 17.0. The van der Waals surface area contributed by atoms with E-state index in [2.05, 4.69) is 21.7 Å². The van der Waals surface area contributed by atoms with Gasteiger partial charge in [0.1, 0.15) is 0 Å². The molecule has 2 N–H and O–H groups in total. The molecule has 0 aromatic heterocycles. The first-order chi connectivity index (χ1) is 12.6. The predicted octanol–water partition coefficient (Wildman–Crippen LogP) is 3.20. The van der Waals surface area contributed by atoms with Gasteiger partial charge in [-0.25, -0.2) is 8.78 Å². The third-order valence-corrected chi connectivity index (χ3v) is 4.41. The molecule has 0 radical (unpaired) electrons. The van der Waals surface area contributed by atoms with Gasteiger partial charge in [0.2, 0.25) is 0 Å². The number of halogens is 2. The lowest BCUT2D eigenvalue weighted by molar-refractivity contribution is -0.0564. The largest absolute Gasteiger partial charge is 0.472 e. The summed E-state index contributed by atoms with van der Waals surface area (Å²) in [6.07, 6.45) is 6.00. The van der Waals surface area contributed by atoms with E-state index in [1.54, 1.807) is 0 Å². The monoisotopic (exact) mass is 380 g/mol. The molecule has 1 unspecified atom stereocenters. The maximum atomic E-state index is 13.0. The standard InChI is InChI=1S/C20H30F2N4O/c1-13-7-16(11-26(6)19(13)27-12-20(4,21)22)9-24-10-17-15(3)25-14(2)8-18(17)23-5/h7-8,10,18,23,25H,9,11-12H2,1-6H3. The second kappa shape index (κ2) is 8.69. The molecular weight excluding hydrogens is 350 g/mol. The summed E-state index contributed by atoms with van der Waals surface area (Å²) >= 11 is 0. The summed E-state index contributed by atoms with van der Waals surface area (Å²) in [5.74, 6) is -2.35. The minimum Gasteiger partial charge on any atom is -0.472 e. The molecular formula is C20H30F2N4O. The number of hydrogen-bond donors (Lipinski definition) is 2. The fraction of sp³-hybridized carbons (Fsp3) is 0.550. The molecule has 0 aromatic rings. The molecule has 0 fully saturated rings. The number of alkyl halides is 2. The van der Waals surface area contributed by atoms with Crippen LogP contribution in [-0.2, 0) is 4.74 Å². The molecule has 0 aliphatic carbocycles. The number of rotatable bonds is 7. The van der Waals surface area contributed by atoms with Crippen LogP contribution in [-0.4, -0.2) is 56.9 Å². The lowest BCUT2D eigenvalue weighted by Gasteiger charge is -2.29. The van der Waals surface area contributed by atoms with Gasteiger partial charge in [-0.2, -0.15) is 0 Å². The van der Waals surface area contributed by atoms with Crippen LogP contribution in [0.25, 0.3) is 0 Å². The fourth-order valence-electron chi connectivity index (χ4n) is 3.27. The van der Waals surface area contributed by atoms with Crippen LogP contribution in [0.15, 0.2) is 51.1 Å². The fourth-order valence-corrected chi connectivity index (χ4v) is 3.27. The van der Waals surface area contributed by atoms with Crippen LogP contribution in [0.1, 0.15) is 27.7 Å². The average molecular weight is 380 g/mol. The Kier molecular flexibility index (Phi) is 6.81. The molecule has 7 heteroatoms. The maximum absolute atomic E-state index is 13.0. The number of ether oxygens (including phenoxy) is 1. The van der Waals surface area contributed by atoms with Crippen molar-refractivity contribution in [1.29, 1.82) is 0 Å². The van der Waals surface area contributed by atoms with Gasteiger partial charge in [0, 0.05) is 49.3 Å². The van der Waals surface area contributed by atoms with Gasteiger partial charge in [-0.15, -0.1) is 0 Å². The van der Waals surface area contributed by atoms with Gasteiger partial charge in [0.15, 0.2) is 12.5 Å². The van der Waals surface area contributed by atoms with Crippen molar-refractivity contribution in [2.24, 2.45) is 4.99 Å². The van der Waals surface area contributed by atoms with E-state index in [4.69, 9.17) is 4.74 Å². The molecule has 150 valence electrons. The van der Waals surface area contributed by atoms with Crippen LogP contribution in [0.4, 0.5) is 8.78 Å². The molecule has 2 rings (SSSR count). The van der Waals surface area contributed by atoms with Crippen molar-refractivity contribution in [3.8, 4) is 0 Å². The zero-order chi connectivity index (χ0) is 20.2. The molecule has 5 nitrogen and oxygen atoms in total. The van der Waals surface area contributed by atoms with E-state index in [-0.39, 0.29) is 6.04 Å². The molecule has 0 aromatic carbocycles. The molecule has 27 heavy (non-hydrogen) atoms. The van der Waals surface area contributed by atoms with E-state index in [0.717, 1.165) is 35.0 Å². The smallest absolute Gasteiger partial charge is 0.278 e.